The Kier molecular flexibility index (Phi) is 8.69. The Hall–Kier alpha value is -3.27. The zero-order valence-corrected chi connectivity index (χ0v) is 20.9. The lowest BCUT2D eigenvalue weighted by Gasteiger charge is -2.27. The summed E-state index contributed by atoms with van der Waals surface area (Å²) in [7, 11) is 0. The fourth-order valence-electron chi connectivity index (χ4n) is 4.62. The third-order valence-electron chi connectivity index (χ3n) is 6.81. The highest BCUT2D eigenvalue weighted by molar-refractivity contribution is 6.34. The zero-order chi connectivity index (χ0) is 25.5. The third-order valence-corrected chi connectivity index (χ3v) is 7.26. The molecule has 0 radical (unpaired) electrons. The van der Waals surface area contributed by atoms with Gasteiger partial charge in [0.1, 0.15) is 6.20 Å². The Balaban J connectivity index is 1.45. The van der Waals surface area contributed by atoms with Crippen molar-refractivity contribution in [2.45, 2.75) is 38.8 Å². The van der Waals surface area contributed by atoms with Gasteiger partial charge in [-0.15, -0.1) is 0 Å². The summed E-state index contributed by atoms with van der Waals surface area (Å²) in [6.07, 6.45) is 5.54. The summed E-state index contributed by atoms with van der Waals surface area (Å²) in [4.78, 5) is 19.6. The van der Waals surface area contributed by atoms with Gasteiger partial charge in [-0.25, -0.2) is 4.98 Å². The van der Waals surface area contributed by atoms with E-state index in [4.69, 9.17) is 23.1 Å². The molecule has 4 rings (SSSR count). The molecule has 0 spiro atoms. The van der Waals surface area contributed by atoms with Gasteiger partial charge in [0, 0.05) is 25.2 Å². The minimum absolute atomic E-state index is 0.143. The minimum atomic E-state index is -0.465. The van der Waals surface area contributed by atoms with Crippen LogP contribution in [-0.2, 0) is 13.1 Å². The van der Waals surface area contributed by atoms with E-state index in [-0.39, 0.29) is 11.5 Å². The van der Waals surface area contributed by atoms with Gasteiger partial charge >= 0.3 is 5.69 Å². The van der Waals surface area contributed by atoms with Crippen LogP contribution in [0.15, 0.2) is 48.7 Å². The Labute approximate surface area is 215 Å². The summed E-state index contributed by atoms with van der Waals surface area (Å²) < 4.78 is 0. The molecule has 0 aliphatic heterocycles. The maximum absolute atomic E-state index is 11.5. The molecule has 6 N–H and O–H groups in total. The third kappa shape index (κ3) is 6.29. The number of benzene rings is 2. The lowest BCUT2D eigenvalue weighted by atomic mass is 9.82. The second-order valence-corrected chi connectivity index (χ2v) is 9.60. The van der Waals surface area contributed by atoms with Crippen molar-refractivity contribution in [3.05, 3.63) is 74.9 Å². The van der Waals surface area contributed by atoms with Gasteiger partial charge in [-0.1, -0.05) is 48.0 Å². The molecule has 0 atom stereocenters. The SMILES string of the molecule is NCc1cccc(-c2cccc(CNc3ncc([N+](=O)[O-])c(NCC4CCC(CN)CC4)n3)c2Cl)c1. The van der Waals surface area contributed by atoms with Crippen LogP contribution >= 0.6 is 11.6 Å². The van der Waals surface area contributed by atoms with Crippen molar-refractivity contribution in [2.75, 3.05) is 23.7 Å². The van der Waals surface area contributed by atoms with Gasteiger partial charge in [0.25, 0.3) is 0 Å². The van der Waals surface area contributed by atoms with Crippen LogP contribution in [0.25, 0.3) is 11.1 Å². The molecule has 1 aliphatic rings. The number of aromatic nitrogens is 2. The molecule has 1 saturated carbocycles. The second-order valence-electron chi connectivity index (χ2n) is 9.22. The van der Waals surface area contributed by atoms with Gasteiger partial charge in [0.05, 0.1) is 9.95 Å². The normalized spacial score (nSPS) is 17.5. The highest BCUT2D eigenvalue weighted by atomic mass is 35.5. The van der Waals surface area contributed by atoms with Crippen LogP contribution in [0.4, 0.5) is 17.5 Å². The summed E-state index contributed by atoms with van der Waals surface area (Å²) in [5.74, 6) is 1.54. The zero-order valence-electron chi connectivity index (χ0n) is 20.1. The summed E-state index contributed by atoms with van der Waals surface area (Å²) in [6, 6.07) is 13.8. The van der Waals surface area contributed by atoms with E-state index in [0.29, 0.717) is 42.4 Å². The maximum Gasteiger partial charge on any atom is 0.329 e. The Morgan fingerprint density at radius 3 is 2.53 bits per heavy atom. The van der Waals surface area contributed by atoms with Gasteiger partial charge in [-0.2, -0.15) is 4.98 Å². The Morgan fingerprint density at radius 2 is 1.81 bits per heavy atom. The van der Waals surface area contributed by atoms with Crippen molar-refractivity contribution in [2.24, 2.45) is 23.3 Å². The van der Waals surface area contributed by atoms with Crippen LogP contribution in [0.3, 0.4) is 0 Å². The van der Waals surface area contributed by atoms with Gasteiger partial charge in [-0.3, -0.25) is 10.1 Å². The van der Waals surface area contributed by atoms with Crippen molar-refractivity contribution in [3.8, 4) is 11.1 Å². The molecule has 0 amide bonds. The number of nitrogens with zero attached hydrogens (tertiary/aromatic N) is 3. The largest absolute Gasteiger partial charge is 0.364 e. The first-order chi connectivity index (χ1) is 17.5. The summed E-state index contributed by atoms with van der Waals surface area (Å²) in [5, 5.41) is 18.5. The van der Waals surface area contributed by atoms with E-state index in [1.807, 2.05) is 42.5 Å². The Bertz CT molecular complexity index is 1200. The molecule has 3 aromatic rings. The van der Waals surface area contributed by atoms with Crippen molar-refractivity contribution in [1.82, 2.24) is 9.97 Å². The van der Waals surface area contributed by atoms with E-state index in [9.17, 15) is 10.1 Å². The number of halogens is 1. The molecular formula is C26H32ClN7O2. The van der Waals surface area contributed by atoms with Crippen LogP contribution in [0.1, 0.15) is 36.8 Å². The highest BCUT2D eigenvalue weighted by Crippen LogP contribution is 2.32. The van der Waals surface area contributed by atoms with Gasteiger partial charge in [0.15, 0.2) is 0 Å². The number of hydrogen-bond acceptors (Lipinski definition) is 8. The molecule has 0 saturated heterocycles. The molecule has 36 heavy (non-hydrogen) atoms. The molecule has 0 bridgehead atoms. The number of rotatable bonds is 10. The van der Waals surface area contributed by atoms with E-state index in [0.717, 1.165) is 54.5 Å². The van der Waals surface area contributed by atoms with Crippen LogP contribution in [-0.4, -0.2) is 28.0 Å². The lowest BCUT2D eigenvalue weighted by molar-refractivity contribution is -0.384. The number of hydrogen-bond donors (Lipinski definition) is 4. The van der Waals surface area contributed by atoms with Crippen molar-refractivity contribution in [1.29, 1.82) is 0 Å². The predicted octanol–water partition coefficient (Wildman–Crippen LogP) is 4.95. The van der Waals surface area contributed by atoms with Gasteiger partial charge < -0.3 is 22.1 Å². The van der Waals surface area contributed by atoms with Crippen molar-refractivity contribution < 1.29 is 4.92 Å². The predicted molar refractivity (Wildman–Crippen MR) is 144 cm³/mol. The van der Waals surface area contributed by atoms with E-state index >= 15 is 0 Å². The molecule has 1 aliphatic carbocycles. The first-order valence-corrected chi connectivity index (χ1v) is 12.6. The first kappa shape index (κ1) is 25.8. The minimum Gasteiger partial charge on any atom is -0.364 e. The van der Waals surface area contributed by atoms with E-state index < -0.39 is 4.92 Å². The topological polar surface area (TPSA) is 145 Å². The molecule has 0 unspecified atom stereocenters. The lowest BCUT2D eigenvalue weighted by Crippen LogP contribution is -2.25. The average molecular weight is 510 g/mol. The number of nitrogens with two attached hydrogens (primary N) is 2. The second kappa shape index (κ2) is 12.1. The van der Waals surface area contributed by atoms with Gasteiger partial charge in [0.2, 0.25) is 11.8 Å². The van der Waals surface area contributed by atoms with E-state index in [2.05, 4.69) is 20.6 Å². The molecule has 10 heteroatoms. The van der Waals surface area contributed by atoms with Crippen LogP contribution < -0.4 is 22.1 Å². The summed E-state index contributed by atoms with van der Waals surface area (Å²) >= 11 is 6.74. The highest BCUT2D eigenvalue weighted by Gasteiger charge is 2.23. The number of nitrogens with one attached hydrogen (secondary N) is 2. The number of nitro groups is 1. The molecule has 2 aromatic carbocycles. The number of anilines is 2. The molecule has 1 aromatic heterocycles. The first-order valence-electron chi connectivity index (χ1n) is 12.2. The van der Waals surface area contributed by atoms with Gasteiger partial charge in [-0.05, 0) is 66.8 Å². The molecule has 9 nitrogen and oxygen atoms in total. The summed E-state index contributed by atoms with van der Waals surface area (Å²) in [5.41, 5.74) is 15.2. The summed E-state index contributed by atoms with van der Waals surface area (Å²) in [6.45, 7) is 2.17. The van der Waals surface area contributed by atoms with E-state index in [1.165, 1.54) is 6.20 Å². The molecule has 1 heterocycles. The monoisotopic (exact) mass is 509 g/mol. The maximum atomic E-state index is 11.5. The average Bonchev–Trinajstić information content (AvgIpc) is 2.91. The quantitative estimate of drug-likeness (QED) is 0.222. The van der Waals surface area contributed by atoms with Crippen molar-refractivity contribution in [3.63, 3.8) is 0 Å². The molecule has 190 valence electrons. The standard InChI is InChI=1S/C26H32ClN7O2/c27-24-21(5-2-6-22(24)20-4-1-3-19(11-20)13-29)15-31-26-32-16-23(34(35)36)25(33-26)30-14-18-9-7-17(12-28)8-10-18/h1-6,11,16-18H,7-10,12-15,28-29H2,(H2,30,31,32,33). The van der Waals surface area contributed by atoms with Crippen LogP contribution in [0.5, 0.6) is 0 Å². The van der Waals surface area contributed by atoms with Crippen LogP contribution in [0, 0.1) is 22.0 Å². The molecular weight excluding hydrogens is 478 g/mol. The Morgan fingerprint density at radius 1 is 1.06 bits per heavy atom. The van der Waals surface area contributed by atoms with Crippen LogP contribution in [0.2, 0.25) is 5.02 Å². The van der Waals surface area contributed by atoms with Crippen molar-refractivity contribution >= 4 is 29.1 Å². The molecule has 1 fully saturated rings. The van der Waals surface area contributed by atoms with E-state index in [1.54, 1.807) is 0 Å². The fraction of sp³-hybridized carbons (Fsp3) is 0.385. The fourth-order valence-corrected chi connectivity index (χ4v) is 4.92. The smallest absolute Gasteiger partial charge is 0.329 e.